The highest BCUT2D eigenvalue weighted by Crippen LogP contribution is 2.30. The molecule has 31 heavy (non-hydrogen) atoms. The number of benzene rings is 1. The Bertz CT molecular complexity index is 1130. The number of fused-ring (bicyclic) bond motifs is 1. The molecule has 1 aliphatic heterocycles. The molecule has 1 saturated heterocycles. The second-order valence-corrected chi connectivity index (χ2v) is 9.07. The van der Waals surface area contributed by atoms with E-state index in [1.54, 1.807) is 25.3 Å². The van der Waals surface area contributed by atoms with Crippen molar-refractivity contribution in [2.45, 2.75) is 31.8 Å². The monoisotopic (exact) mass is 446 g/mol. The van der Waals surface area contributed by atoms with Crippen molar-refractivity contribution in [2.75, 3.05) is 24.7 Å². The number of piperidine rings is 1. The normalized spacial score (nSPS) is 17.6. The lowest BCUT2D eigenvalue weighted by molar-refractivity contribution is 0.346. The zero-order valence-electron chi connectivity index (χ0n) is 17.3. The maximum atomic E-state index is 14.8. The van der Waals surface area contributed by atoms with E-state index in [1.165, 1.54) is 12.3 Å². The quantitative estimate of drug-likeness (QED) is 0.625. The van der Waals surface area contributed by atoms with Crippen LogP contribution in [0.1, 0.15) is 31.4 Å². The number of nitrogens with two attached hydrogens (primary N) is 1. The molecule has 0 saturated carbocycles. The Morgan fingerprint density at radius 3 is 2.65 bits per heavy atom. The van der Waals surface area contributed by atoms with Gasteiger partial charge in [-0.05, 0) is 43.5 Å². The first-order valence-electron chi connectivity index (χ1n) is 10.0. The standard InChI is InChI=1S/C21H24F2N6OS/c1-12(24)15-3-6-25-20-16(15)9-13(10-17(20)22)19-18(23)11-26-21(28-19)27-14-4-7-29(8-5-14)31(2)30/h3,6,9-12,14H,4-5,7-8,24H2,1-2H3,(H,26,27,28). The molecule has 10 heteroatoms. The molecule has 4 rings (SSSR count). The van der Waals surface area contributed by atoms with Crippen LogP contribution in [0.15, 0.2) is 30.6 Å². The van der Waals surface area contributed by atoms with Gasteiger partial charge in [-0.25, -0.2) is 27.3 Å². The summed E-state index contributed by atoms with van der Waals surface area (Å²) in [5.74, 6) is -0.944. The van der Waals surface area contributed by atoms with E-state index in [2.05, 4.69) is 20.3 Å². The number of nitrogens with one attached hydrogen (secondary N) is 1. The first kappa shape index (κ1) is 21.7. The lowest BCUT2D eigenvalue weighted by Crippen LogP contribution is -2.39. The molecular weight excluding hydrogens is 422 g/mol. The second kappa shape index (κ2) is 8.89. The van der Waals surface area contributed by atoms with E-state index in [0.29, 0.717) is 24.0 Å². The summed E-state index contributed by atoms with van der Waals surface area (Å²) in [6.45, 7) is 3.18. The Morgan fingerprint density at radius 2 is 1.97 bits per heavy atom. The van der Waals surface area contributed by atoms with Crippen LogP contribution in [0.25, 0.3) is 22.2 Å². The van der Waals surface area contributed by atoms with Crippen LogP contribution in [-0.2, 0) is 11.0 Å². The highest BCUT2D eigenvalue weighted by atomic mass is 32.2. The van der Waals surface area contributed by atoms with Crippen LogP contribution in [0.3, 0.4) is 0 Å². The summed E-state index contributed by atoms with van der Waals surface area (Å²) < 4.78 is 42.9. The molecule has 3 N–H and O–H groups in total. The molecule has 2 aromatic heterocycles. The second-order valence-electron chi connectivity index (χ2n) is 7.70. The molecule has 1 aromatic carbocycles. The van der Waals surface area contributed by atoms with E-state index >= 15 is 0 Å². The molecule has 3 aromatic rings. The van der Waals surface area contributed by atoms with Gasteiger partial charge in [0.15, 0.2) is 5.82 Å². The SMILES string of the molecule is CC(N)c1ccnc2c(F)cc(-c3nc(NC4CCN(S(C)=O)CC4)ncc3F)cc12. The molecular formula is C21H24F2N6OS. The zero-order valence-corrected chi connectivity index (χ0v) is 18.1. The van der Waals surface area contributed by atoms with Crippen molar-refractivity contribution in [3.05, 3.63) is 47.8 Å². The van der Waals surface area contributed by atoms with Gasteiger partial charge in [-0.3, -0.25) is 4.98 Å². The number of anilines is 1. The lowest BCUT2D eigenvalue weighted by atomic mass is 10.00. The van der Waals surface area contributed by atoms with Crippen LogP contribution in [0.4, 0.5) is 14.7 Å². The Kier molecular flexibility index (Phi) is 6.22. The number of aromatic nitrogens is 3. The molecule has 2 atom stereocenters. The lowest BCUT2D eigenvalue weighted by Gasteiger charge is -2.30. The highest BCUT2D eigenvalue weighted by molar-refractivity contribution is 7.81. The summed E-state index contributed by atoms with van der Waals surface area (Å²) in [6, 6.07) is 4.37. The van der Waals surface area contributed by atoms with Crippen molar-refractivity contribution in [1.82, 2.24) is 19.3 Å². The fraction of sp³-hybridized carbons (Fsp3) is 0.381. The third-order valence-corrected chi connectivity index (χ3v) is 6.58. The van der Waals surface area contributed by atoms with Gasteiger partial charge in [-0.2, -0.15) is 0 Å². The fourth-order valence-corrected chi connectivity index (χ4v) is 4.57. The minimum absolute atomic E-state index is 0.00451. The third kappa shape index (κ3) is 4.56. The van der Waals surface area contributed by atoms with Crippen LogP contribution >= 0.6 is 0 Å². The van der Waals surface area contributed by atoms with Crippen molar-refractivity contribution >= 4 is 27.8 Å². The molecule has 0 bridgehead atoms. The molecule has 1 fully saturated rings. The molecule has 0 radical (unpaired) electrons. The molecule has 2 unspecified atom stereocenters. The Morgan fingerprint density at radius 1 is 1.23 bits per heavy atom. The van der Waals surface area contributed by atoms with E-state index in [1.807, 2.05) is 4.31 Å². The van der Waals surface area contributed by atoms with Gasteiger partial charge in [0.2, 0.25) is 5.95 Å². The minimum atomic E-state index is -0.989. The Hall–Kier alpha value is -2.56. The summed E-state index contributed by atoms with van der Waals surface area (Å²) >= 11 is 0. The summed E-state index contributed by atoms with van der Waals surface area (Å²) in [7, 11) is -0.989. The number of nitrogens with zero attached hydrogens (tertiary/aromatic N) is 4. The molecule has 3 heterocycles. The Balaban J connectivity index is 1.65. The average molecular weight is 447 g/mol. The predicted octanol–water partition coefficient (Wildman–Crippen LogP) is 3.16. The smallest absolute Gasteiger partial charge is 0.223 e. The van der Waals surface area contributed by atoms with Gasteiger partial charge in [0.05, 0.1) is 17.2 Å². The minimum Gasteiger partial charge on any atom is -0.351 e. The van der Waals surface area contributed by atoms with Crippen LogP contribution < -0.4 is 11.1 Å². The van der Waals surface area contributed by atoms with Gasteiger partial charge in [-0.1, -0.05) is 0 Å². The fourth-order valence-electron chi connectivity index (χ4n) is 3.84. The van der Waals surface area contributed by atoms with Gasteiger partial charge < -0.3 is 11.1 Å². The van der Waals surface area contributed by atoms with Gasteiger partial charge >= 0.3 is 0 Å². The van der Waals surface area contributed by atoms with Crippen molar-refractivity contribution in [3.8, 4) is 11.3 Å². The maximum absolute atomic E-state index is 14.8. The molecule has 7 nitrogen and oxygen atoms in total. The van der Waals surface area contributed by atoms with E-state index in [4.69, 9.17) is 5.73 Å². The first-order valence-corrected chi connectivity index (χ1v) is 11.6. The van der Waals surface area contributed by atoms with Gasteiger partial charge in [0.1, 0.15) is 17.0 Å². The van der Waals surface area contributed by atoms with Gasteiger partial charge in [-0.15, -0.1) is 0 Å². The third-order valence-electron chi connectivity index (χ3n) is 5.49. The van der Waals surface area contributed by atoms with Crippen LogP contribution in [0.5, 0.6) is 0 Å². The van der Waals surface area contributed by atoms with Crippen LogP contribution in [0, 0.1) is 11.6 Å². The predicted molar refractivity (Wildman–Crippen MR) is 118 cm³/mol. The van der Waals surface area contributed by atoms with E-state index in [0.717, 1.165) is 24.6 Å². The van der Waals surface area contributed by atoms with Gasteiger partial charge in [0, 0.05) is 48.6 Å². The van der Waals surface area contributed by atoms with Crippen molar-refractivity contribution < 1.29 is 13.0 Å². The zero-order chi connectivity index (χ0) is 22.1. The highest BCUT2D eigenvalue weighted by Gasteiger charge is 2.22. The Labute approximate surface area is 181 Å². The summed E-state index contributed by atoms with van der Waals surface area (Å²) in [6.07, 6.45) is 5.79. The largest absolute Gasteiger partial charge is 0.351 e. The topological polar surface area (TPSA) is 97.0 Å². The number of hydrogen-bond acceptors (Lipinski definition) is 6. The molecule has 1 aliphatic rings. The first-order chi connectivity index (χ1) is 14.8. The molecule has 0 spiro atoms. The number of hydrogen-bond donors (Lipinski definition) is 2. The van der Waals surface area contributed by atoms with Crippen molar-refractivity contribution in [1.29, 1.82) is 0 Å². The number of rotatable bonds is 5. The summed E-state index contributed by atoms with van der Waals surface area (Å²) in [4.78, 5) is 12.5. The van der Waals surface area contributed by atoms with E-state index in [9.17, 15) is 13.0 Å². The molecule has 0 amide bonds. The molecule has 164 valence electrons. The van der Waals surface area contributed by atoms with Crippen molar-refractivity contribution in [2.24, 2.45) is 5.73 Å². The summed E-state index contributed by atoms with van der Waals surface area (Å²) in [5.41, 5.74) is 7.23. The van der Waals surface area contributed by atoms with Crippen LogP contribution in [-0.4, -0.2) is 48.9 Å². The summed E-state index contributed by atoms with van der Waals surface area (Å²) in [5, 5.41) is 3.75. The van der Waals surface area contributed by atoms with Crippen LogP contribution in [0.2, 0.25) is 0 Å². The van der Waals surface area contributed by atoms with E-state index in [-0.39, 0.29) is 29.2 Å². The van der Waals surface area contributed by atoms with Gasteiger partial charge in [0.25, 0.3) is 0 Å². The number of halogens is 2. The van der Waals surface area contributed by atoms with E-state index < -0.39 is 22.6 Å². The van der Waals surface area contributed by atoms with Crippen molar-refractivity contribution in [3.63, 3.8) is 0 Å². The molecule has 0 aliphatic carbocycles. The maximum Gasteiger partial charge on any atom is 0.223 e. The number of pyridine rings is 1. The average Bonchev–Trinajstić information content (AvgIpc) is 2.75.